The van der Waals surface area contributed by atoms with Crippen molar-refractivity contribution in [2.24, 2.45) is 0 Å². The van der Waals surface area contributed by atoms with Crippen molar-refractivity contribution < 1.29 is 28.4 Å². The minimum Gasteiger partial charge on any atom is -0.465 e. The van der Waals surface area contributed by atoms with E-state index in [0.717, 1.165) is 0 Å². The lowest BCUT2D eigenvalue weighted by Crippen LogP contribution is -2.34. The number of aromatic nitrogens is 4. The van der Waals surface area contributed by atoms with E-state index in [9.17, 15) is 18.9 Å². The van der Waals surface area contributed by atoms with Crippen molar-refractivity contribution in [1.29, 1.82) is 0 Å². The SMILES string of the molecule is CCOC(=O)CNP(=O)(COCCn1cnc2c(=O)[nH]c(N)nc21)NCC(=O)Oc1ccccc1. The van der Waals surface area contributed by atoms with E-state index in [2.05, 4.69) is 25.1 Å². The van der Waals surface area contributed by atoms with Gasteiger partial charge >= 0.3 is 11.9 Å². The third kappa shape index (κ3) is 7.72. The van der Waals surface area contributed by atoms with Gasteiger partial charge < -0.3 is 24.5 Å². The summed E-state index contributed by atoms with van der Waals surface area (Å²) in [7, 11) is -3.57. The van der Waals surface area contributed by atoms with Gasteiger partial charge in [0.15, 0.2) is 11.2 Å². The van der Waals surface area contributed by atoms with Crippen molar-refractivity contribution in [3.63, 3.8) is 0 Å². The third-order valence-electron chi connectivity index (χ3n) is 4.48. The number of ether oxygens (including phenoxy) is 3. The highest BCUT2D eigenvalue weighted by atomic mass is 31.2. The van der Waals surface area contributed by atoms with Crippen LogP contribution in [0.2, 0.25) is 0 Å². The van der Waals surface area contributed by atoms with Crippen LogP contribution < -0.4 is 26.2 Å². The number of nitrogens with two attached hydrogens (primary N) is 1. The van der Waals surface area contributed by atoms with Crippen molar-refractivity contribution in [3.05, 3.63) is 47.0 Å². The summed E-state index contributed by atoms with van der Waals surface area (Å²) in [5.41, 5.74) is 5.52. The monoisotopic (exact) mass is 507 g/mol. The van der Waals surface area contributed by atoms with Crippen molar-refractivity contribution in [1.82, 2.24) is 29.7 Å². The highest BCUT2D eigenvalue weighted by molar-refractivity contribution is 7.59. The number of nitrogens with zero attached hydrogens (tertiary/aromatic N) is 3. The Balaban J connectivity index is 1.57. The van der Waals surface area contributed by atoms with Crippen LogP contribution in [-0.4, -0.2) is 64.1 Å². The summed E-state index contributed by atoms with van der Waals surface area (Å²) in [5, 5.41) is 5.18. The van der Waals surface area contributed by atoms with Gasteiger partial charge in [0.25, 0.3) is 5.56 Å². The van der Waals surface area contributed by atoms with E-state index in [1.807, 2.05) is 0 Å². The molecular formula is C20H26N7O7P. The number of anilines is 1. The first-order chi connectivity index (χ1) is 16.8. The average molecular weight is 507 g/mol. The molecule has 1 atom stereocenters. The smallest absolute Gasteiger partial charge is 0.325 e. The second kappa shape index (κ2) is 12.2. The van der Waals surface area contributed by atoms with Crippen LogP contribution in [0.4, 0.5) is 5.95 Å². The fourth-order valence-corrected chi connectivity index (χ4v) is 4.34. The van der Waals surface area contributed by atoms with E-state index in [1.54, 1.807) is 41.8 Å². The minimum atomic E-state index is -3.57. The number of hydrogen-bond donors (Lipinski definition) is 4. The predicted molar refractivity (Wildman–Crippen MR) is 126 cm³/mol. The number of H-pyrrole nitrogens is 1. The van der Waals surface area contributed by atoms with Crippen molar-refractivity contribution >= 4 is 36.5 Å². The van der Waals surface area contributed by atoms with E-state index in [-0.39, 0.29) is 49.8 Å². The number of para-hydroxylation sites is 1. The molecule has 0 fully saturated rings. The Bertz CT molecular complexity index is 1260. The number of nitrogens with one attached hydrogen (secondary N) is 3. The van der Waals surface area contributed by atoms with Crippen LogP contribution in [0.5, 0.6) is 5.75 Å². The Labute approximate surface area is 199 Å². The molecule has 35 heavy (non-hydrogen) atoms. The normalized spacial score (nSPS) is 12.8. The molecule has 15 heteroatoms. The highest BCUT2D eigenvalue weighted by Gasteiger charge is 2.25. The van der Waals surface area contributed by atoms with Gasteiger partial charge in [-0.1, -0.05) is 18.2 Å². The van der Waals surface area contributed by atoms with Crippen LogP contribution in [0.25, 0.3) is 11.2 Å². The molecule has 0 aliphatic carbocycles. The molecule has 14 nitrogen and oxygen atoms in total. The molecule has 188 valence electrons. The first-order valence-corrected chi connectivity index (χ1v) is 12.5. The molecule has 1 unspecified atom stereocenters. The van der Waals surface area contributed by atoms with Gasteiger partial charge in [-0.2, -0.15) is 4.98 Å². The van der Waals surface area contributed by atoms with Gasteiger partial charge in [-0.3, -0.25) is 23.9 Å². The summed E-state index contributed by atoms with van der Waals surface area (Å²) in [4.78, 5) is 46.2. The molecule has 0 aliphatic heterocycles. The quantitative estimate of drug-likeness (QED) is 0.107. The van der Waals surface area contributed by atoms with E-state index < -0.39 is 31.5 Å². The van der Waals surface area contributed by atoms with Gasteiger partial charge in [-0.05, 0) is 19.1 Å². The summed E-state index contributed by atoms with van der Waals surface area (Å²) in [6.07, 6.45) is 1.06. The number of aromatic amines is 1. The standard InChI is InChI=1S/C20H26N7O7P/c1-2-33-15(28)10-23-35(31,24-11-16(29)34-14-6-4-3-5-7-14)13-32-9-8-27-12-22-17-18(27)25-20(21)26-19(17)30/h3-7,12H,2,8-11,13H2,1H3,(H2,23,24,31)(H3,21,25,26,30). The molecule has 0 amide bonds. The number of fused-ring (bicyclic) bond motifs is 1. The Morgan fingerprint density at radius 3 is 2.60 bits per heavy atom. The molecular weight excluding hydrogens is 481 g/mol. The number of esters is 2. The van der Waals surface area contributed by atoms with E-state index in [4.69, 9.17) is 19.9 Å². The fraction of sp³-hybridized carbons (Fsp3) is 0.350. The van der Waals surface area contributed by atoms with Gasteiger partial charge in [0.1, 0.15) is 25.2 Å². The molecule has 5 N–H and O–H groups in total. The molecule has 2 aromatic heterocycles. The number of nitrogen functional groups attached to an aromatic ring is 1. The number of hydrogen-bond acceptors (Lipinski definition) is 10. The van der Waals surface area contributed by atoms with Crippen LogP contribution in [0.3, 0.4) is 0 Å². The third-order valence-corrected chi connectivity index (χ3v) is 6.36. The van der Waals surface area contributed by atoms with Crippen LogP contribution in [0.15, 0.2) is 41.5 Å². The lowest BCUT2D eigenvalue weighted by atomic mass is 10.3. The van der Waals surface area contributed by atoms with Gasteiger partial charge in [-0.15, -0.1) is 0 Å². The average Bonchev–Trinajstić information content (AvgIpc) is 3.23. The predicted octanol–water partition coefficient (Wildman–Crippen LogP) is 0.217. The molecule has 3 rings (SSSR count). The molecule has 1 aromatic carbocycles. The first kappa shape index (κ1) is 26.0. The second-order valence-corrected chi connectivity index (χ2v) is 9.47. The molecule has 0 radical (unpaired) electrons. The molecule has 3 aromatic rings. The number of imidazole rings is 1. The number of carbonyl (C=O) groups is 2. The summed E-state index contributed by atoms with van der Waals surface area (Å²) >= 11 is 0. The van der Waals surface area contributed by atoms with Crippen LogP contribution in [0, 0.1) is 0 Å². The Morgan fingerprint density at radius 1 is 1.17 bits per heavy atom. The maximum absolute atomic E-state index is 13.3. The van der Waals surface area contributed by atoms with Crippen LogP contribution in [0.1, 0.15) is 6.92 Å². The summed E-state index contributed by atoms with van der Waals surface area (Å²) in [5.74, 6) is -0.997. The lowest BCUT2D eigenvalue weighted by Gasteiger charge is -2.20. The maximum atomic E-state index is 13.3. The zero-order chi connectivity index (χ0) is 25.3. The van der Waals surface area contributed by atoms with Crippen molar-refractivity contribution in [2.75, 3.05) is 38.4 Å². The van der Waals surface area contributed by atoms with Gasteiger partial charge in [0.2, 0.25) is 13.4 Å². The topological polar surface area (TPSA) is 193 Å². The zero-order valence-corrected chi connectivity index (χ0v) is 19.8. The number of carbonyl (C=O) groups excluding carboxylic acids is 2. The number of benzene rings is 1. The van der Waals surface area contributed by atoms with Gasteiger partial charge in [0, 0.05) is 6.54 Å². The van der Waals surface area contributed by atoms with E-state index >= 15 is 0 Å². The maximum Gasteiger partial charge on any atom is 0.325 e. The number of rotatable bonds is 13. The summed E-state index contributed by atoms with van der Waals surface area (Å²) in [6.45, 7) is 1.34. The second-order valence-electron chi connectivity index (χ2n) is 7.10. The first-order valence-electron chi connectivity index (χ1n) is 10.6. The summed E-state index contributed by atoms with van der Waals surface area (Å²) < 4.78 is 30.4. The Morgan fingerprint density at radius 2 is 1.89 bits per heavy atom. The molecule has 0 saturated heterocycles. The molecule has 0 saturated carbocycles. The van der Waals surface area contributed by atoms with Crippen LogP contribution >= 0.6 is 7.44 Å². The van der Waals surface area contributed by atoms with E-state index in [1.165, 1.54) is 6.33 Å². The molecule has 0 bridgehead atoms. The van der Waals surface area contributed by atoms with Crippen molar-refractivity contribution in [2.45, 2.75) is 13.5 Å². The highest BCUT2D eigenvalue weighted by Crippen LogP contribution is 2.35. The lowest BCUT2D eigenvalue weighted by molar-refractivity contribution is -0.141. The Hall–Kier alpha value is -3.58. The van der Waals surface area contributed by atoms with E-state index in [0.29, 0.717) is 5.75 Å². The molecule has 0 spiro atoms. The minimum absolute atomic E-state index is 0.0515. The molecule has 2 heterocycles. The zero-order valence-electron chi connectivity index (χ0n) is 18.9. The van der Waals surface area contributed by atoms with Gasteiger partial charge in [-0.25, -0.2) is 15.2 Å². The fourth-order valence-electron chi connectivity index (χ4n) is 2.89. The molecule has 0 aliphatic rings. The Kier molecular flexibility index (Phi) is 9.09. The van der Waals surface area contributed by atoms with Gasteiger partial charge in [0.05, 0.1) is 19.5 Å². The van der Waals surface area contributed by atoms with Crippen LogP contribution in [-0.2, 0) is 30.2 Å². The summed E-state index contributed by atoms with van der Waals surface area (Å²) in [6, 6.07) is 8.40. The van der Waals surface area contributed by atoms with Crippen molar-refractivity contribution in [3.8, 4) is 5.75 Å². The largest absolute Gasteiger partial charge is 0.465 e.